The predicted molar refractivity (Wildman–Crippen MR) is 106 cm³/mol. The Hall–Kier alpha value is -2.58. The molecular weight excluding hydrogens is 678 g/mol. The van der Waals surface area contributed by atoms with E-state index in [1.54, 1.807) is 0 Å². The summed E-state index contributed by atoms with van der Waals surface area (Å²) in [7, 11) is -21.6. The van der Waals surface area contributed by atoms with Crippen LogP contribution in [0.4, 0.5) is 52.7 Å². The van der Waals surface area contributed by atoms with Gasteiger partial charge < -0.3 is 4.74 Å². The van der Waals surface area contributed by atoms with Gasteiger partial charge in [0.2, 0.25) is 0 Å². The van der Waals surface area contributed by atoms with Crippen LogP contribution in [0.3, 0.4) is 0 Å². The highest BCUT2D eigenvalue weighted by molar-refractivity contribution is 7.91. The third kappa shape index (κ3) is 6.29. The highest BCUT2D eigenvalue weighted by atomic mass is 32.2. The Balaban J connectivity index is 3.05. The second-order valence-electron chi connectivity index (χ2n) is 7.41. The van der Waals surface area contributed by atoms with Gasteiger partial charge in [0.25, 0.3) is 5.91 Å². The zero-order valence-corrected chi connectivity index (χ0v) is 21.1. The molecule has 1 amide bonds. The first-order chi connectivity index (χ1) is 17.8. The molecule has 1 aromatic rings. The van der Waals surface area contributed by atoms with E-state index in [-0.39, 0.29) is 4.72 Å². The number of ether oxygens (including phenoxy) is 1. The summed E-state index contributed by atoms with van der Waals surface area (Å²) in [5.74, 6) is -22.9. The average Bonchev–Trinajstić information content (AvgIpc) is 2.76. The number of carbonyl (C=O) groups is 1. The molecule has 0 spiro atoms. The van der Waals surface area contributed by atoms with Crippen molar-refractivity contribution in [3.05, 3.63) is 29.8 Å². The van der Waals surface area contributed by atoms with Crippen LogP contribution in [-0.4, -0.2) is 80.4 Å². The minimum absolute atomic E-state index is 0.198. The summed E-state index contributed by atoms with van der Waals surface area (Å²) in [6.07, 6.45) is -2.34. The lowest BCUT2D eigenvalue weighted by Gasteiger charge is -2.30. The lowest BCUT2D eigenvalue weighted by molar-refractivity contribution is -0.283. The van der Waals surface area contributed by atoms with E-state index in [1.165, 1.54) is 0 Å². The molecule has 26 heteroatoms. The van der Waals surface area contributed by atoms with E-state index in [1.807, 2.05) is 0 Å². The van der Waals surface area contributed by atoms with Gasteiger partial charge in [-0.15, -0.1) is 0 Å². The second kappa shape index (κ2) is 10.6. The summed E-state index contributed by atoms with van der Waals surface area (Å²) in [6, 6.07) is 1.57. The lowest BCUT2D eigenvalue weighted by Crippen LogP contribution is -2.63. The van der Waals surface area contributed by atoms with Gasteiger partial charge in [-0.25, -0.2) is 4.72 Å². The number of sulfonamides is 1. The molecule has 0 saturated carbocycles. The maximum absolute atomic E-state index is 13.8. The standard InChI is InChI=1S/C15H11F12NO10S3/c16-10(17,11(18,19)14(24,25)40(32,33)34)5-6-38-8-3-1-7(2-4-8)9(29)28-39(30,31)13(22,23)12(20,21)15(26,27)41(35,36)37/h1-4H,5-6H2,(H,28,29)(H,32,33,34)(H,35,36,37). The van der Waals surface area contributed by atoms with E-state index in [2.05, 4.69) is 4.74 Å². The van der Waals surface area contributed by atoms with Gasteiger partial charge >= 0.3 is 63.8 Å². The van der Waals surface area contributed by atoms with Gasteiger partial charge in [0.15, 0.2) is 0 Å². The largest absolute Gasteiger partial charge is 0.493 e. The fourth-order valence-electron chi connectivity index (χ4n) is 2.28. The first kappa shape index (κ1) is 36.4. The number of halogens is 12. The van der Waals surface area contributed by atoms with Crippen LogP contribution in [0.25, 0.3) is 0 Å². The Morgan fingerprint density at radius 3 is 1.46 bits per heavy atom. The van der Waals surface area contributed by atoms with Crippen molar-refractivity contribution in [1.82, 2.24) is 4.72 Å². The highest BCUT2D eigenvalue weighted by Gasteiger charge is 2.82. The Labute approximate surface area is 220 Å². The topological polar surface area (TPSA) is 181 Å². The van der Waals surface area contributed by atoms with Gasteiger partial charge in [0.05, 0.1) is 13.0 Å². The number of carbonyl (C=O) groups excluding carboxylic acids is 1. The first-order valence-electron chi connectivity index (χ1n) is 9.32. The van der Waals surface area contributed by atoms with Crippen molar-refractivity contribution in [3.8, 4) is 5.75 Å². The van der Waals surface area contributed by atoms with Gasteiger partial charge in [-0.2, -0.15) is 77.9 Å². The monoisotopic (exact) mass is 689 g/mol. The van der Waals surface area contributed by atoms with E-state index in [4.69, 9.17) is 9.11 Å². The molecule has 1 rings (SSSR count). The SMILES string of the molecule is O=C(NS(=O)(=O)C(F)(F)C(F)(F)C(F)(F)S(=O)(=O)O)c1ccc(OCCC(F)(F)C(F)(F)C(F)(F)S(=O)(=O)O)cc1. The van der Waals surface area contributed by atoms with Gasteiger partial charge in [-0.1, -0.05) is 0 Å². The molecule has 0 heterocycles. The minimum atomic E-state index is -7.37. The van der Waals surface area contributed by atoms with Gasteiger partial charge in [-0.3, -0.25) is 13.9 Å². The van der Waals surface area contributed by atoms with E-state index in [0.29, 0.717) is 24.3 Å². The van der Waals surface area contributed by atoms with E-state index < -0.39 is 94.0 Å². The molecule has 0 aliphatic heterocycles. The van der Waals surface area contributed by atoms with Crippen molar-refractivity contribution in [2.75, 3.05) is 6.61 Å². The third-order valence-electron chi connectivity index (χ3n) is 4.57. The summed E-state index contributed by atoms with van der Waals surface area (Å²) < 4.78 is 246. The highest BCUT2D eigenvalue weighted by Crippen LogP contribution is 2.51. The Kier molecular flexibility index (Phi) is 9.43. The molecule has 0 aliphatic rings. The summed E-state index contributed by atoms with van der Waals surface area (Å²) in [4.78, 5) is 11.8. The Morgan fingerprint density at radius 1 is 0.683 bits per heavy atom. The Morgan fingerprint density at radius 2 is 1.07 bits per heavy atom. The van der Waals surface area contributed by atoms with Crippen molar-refractivity contribution >= 4 is 36.2 Å². The van der Waals surface area contributed by atoms with E-state index in [0.717, 1.165) is 0 Å². The fourth-order valence-corrected chi connectivity index (χ4v) is 4.22. The van der Waals surface area contributed by atoms with Crippen molar-refractivity contribution in [3.63, 3.8) is 0 Å². The summed E-state index contributed by atoms with van der Waals surface area (Å²) >= 11 is 0. The van der Waals surface area contributed by atoms with Gasteiger partial charge in [0, 0.05) is 5.56 Å². The van der Waals surface area contributed by atoms with Crippen LogP contribution in [0.2, 0.25) is 0 Å². The van der Waals surface area contributed by atoms with Crippen LogP contribution >= 0.6 is 0 Å². The van der Waals surface area contributed by atoms with Crippen molar-refractivity contribution in [1.29, 1.82) is 0 Å². The van der Waals surface area contributed by atoms with Crippen molar-refractivity contribution < 1.29 is 96.6 Å². The zero-order valence-electron chi connectivity index (χ0n) is 18.6. The van der Waals surface area contributed by atoms with Gasteiger partial charge in [0.1, 0.15) is 5.75 Å². The smallest absolute Gasteiger partial charge is 0.439 e. The number of alkyl halides is 12. The molecule has 0 saturated heterocycles. The molecule has 0 aliphatic carbocycles. The molecule has 238 valence electrons. The predicted octanol–water partition coefficient (Wildman–Crippen LogP) is 2.98. The van der Waals surface area contributed by atoms with Crippen LogP contribution in [0.1, 0.15) is 16.8 Å². The van der Waals surface area contributed by atoms with E-state index >= 15 is 0 Å². The minimum Gasteiger partial charge on any atom is -0.493 e. The number of nitrogens with one attached hydrogen (secondary N) is 1. The van der Waals surface area contributed by atoms with Crippen LogP contribution in [-0.2, 0) is 30.3 Å². The molecule has 0 aromatic heterocycles. The molecule has 1 aromatic carbocycles. The van der Waals surface area contributed by atoms with Crippen LogP contribution < -0.4 is 9.46 Å². The van der Waals surface area contributed by atoms with Crippen LogP contribution in [0.15, 0.2) is 24.3 Å². The molecule has 3 N–H and O–H groups in total. The number of rotatable bonds is 13. The molecular formula is C15H11F12NO10S3. The third-order valence-corrected chi connectivity index (χ3v) is 7.76. The van der Waals surface area contributed by atoms with Crippen LogP contribution in [0.5, 0.6) is 5.75 Å². The van der Waals surface area contributed by atoms with E-state index in [9.17, 15) is 82.7 Å². The van der Waals surface area contributed by atoms with Crippen molar-refractivity contribution in [2.45, 2.75) is 40.0 Å². The quantitative estimate of drug-likeness (QED) is 0.206. The molecule has 41 heavy (non-hydrogen) atoms. The number of hydrogen-bond acceptors (Lipinski definition) is 8. The molecule has 0 unspecified atom stereocenters. The van der Waals surface area contributed by atoms with Crippen molar-refractivity contribution in [2.24, 2.45) is 0 Å². The molecule has 0 bridgehead atoms. The zero-order chi connectivity index (χ0) is 32.9. The average molecular weight is 689 g/mol. The summed E-state index contributed by atoms with van der Waals surface area (Å²) in [6.45, 7) is -1.62. The molecule has 0 fully saturated rings. The normalized spacial score (nSPS) is 15.0. The maximum atomic E-state index is 13.8. The van der Waals surface area contributed by atoms with Crippen LogP contribution in [0, 0.1) is 0 Å². The lowest BCUT2D eigenvalue weighted by atomic mass is 10.1. The summed E-state index contributed by atoms with van der Waals surface area (Å²) in [5, 5.41) is -20.8. The number of amides is 1. The number of hydrogen-bond donors (Lipinski definition) is 3. The maximum Gasteiger partial charge on any atom is 0.439 e. The second-order valence-corrected chi connectivity index (χ2v) is 12.1. The molecule has 0 radical (unpaired) electrons. The molecule has 0 atom stereocenters. The Bertz CT molecular complexity index is 1480. The summed E-state index contributed by atoms with van der Waals surface area (Å²) in [5.41, 5.74) is -1.12. The number of benzene rings is 1. The molecule has 11 nitrogen and oxygen atoms in total. The fraction of sp³-hybridized carbons (Fsp3) is 0.533. The van der Waals surface area contributed by atoms with Gasteiger partial charge in [-0.05, 0) is 24.3 Å². The first-order valence-corrected chi connectivity index (χ1v) is 13.7.